The molecule has 0 aliphatic carbocycles. The van der Waals surface area contributed by atoms with Gasteiger partial charge in [-0.3, -0.25) is 4.79 Å². The zero-order valence-corrected chi connectivity index (χ0v) is 15.3. The molecule has 0 aromatic carbocycles. The van der Waals surface area contributed by atoms with Crippen LogP contribution in [0.1, 0.15) is 22.2 Å². The second kappa shape index (κ2) is 6.52. The minimum Gasteiger partial charge on any atom is -0.339 e. The molecule has 2 heterocycles. The number of likely N-dealkylation sites (N-methyl/N-ethyl adjacent to an activating group) is 1. The third-order valence-electron chi connectivity index (χ3n) is 2.95. The predicted octanol–water partition coefficient (Wildman–Crippen LogP) is 5.04. The molecule has 1 amide bonds. The summed E-state index contributed by atoms with van der Waals surface area (Å²) in [6.45, 7) is 2.08. The second-order valence-corrected chi connectivity index (χ2v) is 9.07. The Balaban J connectivity index is 2.08. The lowest BCUT2D eigenvalue weighted by Crippen LogP contribution is -2.36. The van der Waals surface area contributed by atoms with Gasteiger partial charge in [-0.1, -0.05) is 6.07 Å². The molecule has 1 atom stereocenters. The highest BCUT2D eigenvalue weighted by Crippen LogP contribution is 2.32. The van der Waals surface area contributed by atoms with Gasteiger partial charge in [0.1, 0.15) is 0 Å². The number of amides is 1. The number of hydrogen-bond donors (Lipinski definition) is 0. The molecular weight excluding hydrogens is 410 g/mol. The molecular formula is C13H13Br2NOS2. The van der Waals surface area contributed by atoms with E-state index >= 15 is 0 Å². The molecule has 0 spiro atoms. The van der Waals surface area contributed by atoms with Crippen LogP contribution in [-0.4, -0.2) is 23.9 Å². The van der Waals surface area contributed by atoms with Crippen molar-refractivity contribution in [2.45, 2.75) is 19.4 Å². The van der Waals surface area contributed by atoms with Crippen molar-refractivity contribution >= 4 is 60.4 Å². The van der Waals surface area contributed by atoms with Crippen LogP contribution >= 0.6 is 54.5 Å². The van der Waals surface area contributed by atoms with Crippen LogP contribution in [0.5, 0.6) is 0 Å². The molecule has 2 nitrogen and oxygen atoms in total. The van der Waals surface area contributed by atoms with Gasteiger partial charge in [0, 0.05) is 24.4 Å². The molecule has 0 saturated heterocycles. The molecule has 0 N–H and O–H groups in total. The quantitative estimate of drug-likeness (QED) is 0.675. The van der Waals surface area contributed by atoms with Crippen molar-refractivity contribution in [2.75, 3.05) is 7.05 Å². The Labute approximate surface area is 137 Å². The lowest BCUT2D eigenvalue weighted by atomic mass is 10.1. The van der Waals surface area contributed by atoms with Crippen molar-refractivity contribution in [3.63, 3.8) is 0 Å². The van der Waals surface area contributed by atoms with Gasteiger partial charge in [0.2, 0.25) is 0 Å². The molecule has 0 radical (unpaired) electrons. The minimum absolute atomic E-state index is 0.0536. The fourth-order valence-electron chi connectivity index (χ4n) is 1.73. The van der Waals surface area contributed by atoms with Crippen LogP contribution in [0.3, 0.4) is 0 Å². The molecule has 2 rings (SSSR count). The van der Waals surface area contributed by atoms with E-state index < -0.39 is 0 Å². The van der Waals surface area contributed by atoms with E-state index in [4.69, 9.17) is 0 Å². The summed E-state index contributed by atoms with van der Waals surface area (Å²) >= 11 is 10.1. The summed E-state index contributed by atoms with van der Waals surface area (Å²) < 4.78 is 1.83. The van der Waals surface area contributed by atoms with Gasteiger partial charge in [0.15, 0.2) is 0 Å². The first-order valence-corrected chi connectivity index (χ1v) is 9.01. The highest BCUT2D eigenvalue weighted by Gasteiger charge is 2.21. The smallest absolute Gasteiger partial charge is 0.255 e. The summed E-state index contributed by atoms with van der Waals surface area (Å²) in [7, 11) is 1.86. The van der Waals surface area contributed by atoms with E-state index in [9.17, 15) is 4.79 Å². The van der Waals surface area contributed by atoms with E-state index in [0.717, 1.165) is 19.6 Å². The number of carbonyl (C=O) groups excluding carboxylic acids is 1. The zero-order chi connectivity index (χ0) is 14.0. The van der Waals surface area contributed by atoms with Gasteiger partial charge in [0.05, 0.1) is 13.1 Å². The van der Waals surface area contributed by atoms with Crippen LogP contribution in [0.15, 0.2) is 31.2 Å². The van der Waals surface area contributed by atoms with Crippen molar-refractivity contribution in [3.8, 4) is 0 Å². The summed E-state index contributed by atoms with van der Waals surface area (Å²) in [5.74, 6) is 0.0536. The third kappa shape index (κ3) is 3.68. The van der Waals surface area contributed by atoms with Crippen LogP contribution in [0.4, 0.5) is 0 Å². The van der Waals surface area contributed by atoms with Gasteiger partial charge in [-0.15, -0.1) is 22.7 Å². The van der Waals surface area contributed by atoms with Crippen LogP contribution in [-0.2, 0) is 6.42 Å². The Morgan fingerprint density at radius 3 is 2.74 bits per heavy atom. The molecule has 0 aliphatic heterocycles. The van der Waals surface area contributed by atoms with E-state index in [-0.39, 0.29) is 11.9 Å². The summed E-state index contributed by atoms with van der Waals surface area (Å²) in [6, 6.07) is 6.19. The first-order chi connectivity index (χ1) is 8.99. The summed E-state index contributed by atoms with van der Waals surface area (Å²) in [5.41, 5.74) is 0.720. The molecule has 19 heavy (non-hydrogen) atoms. The summed E-state index contributed by atoms with van der Waals surface area (Å²) in [4.78, 5) is 15.5. The van der Waals surface area contributed by atoms with Crippen molar-refractivity contribution in [1.29, 1.82) is 0 Å². The Bertz CT molecular complexity index is 565. The maximum atomic E-state index is 12.4. The number of halogens is 2. The molecule has 2 aromatic heterocycles. The van der Waals surface area contributed by atoms with Crippen LogP contribution in [0, 0.1) is 0 Å². The summed E-state index contributed by atoms with van der Waals surface area (Å²) in [5, 5.41) is 2.07. The zero-order valence-electron chi connectivity index (χ0n) is 10.5. The maximum absolute atomic E-state index is 12.4. The van der Waals surface area contributed by atoms with Gasteiger partial charge in [-0.05, 0) is 56.3 Å². The molecule has 2 aromatic rings. The number of nitrogens with zero attached hydrogens (tertiary/aromatic N) is 1. The van der Waals surface area contributed by atoms with Crippen molar-refractivity contribution in [3.05, 3.63) is 41.6 Å². The van der Waals surface area contributed by atoms with Gasteiger partial charge in [-0.25, -0.2) is 0 Å². The van der Waals surface area contributed by atoms with Crippen LogP contribution in [0.25, 0.3) is 0 Å². The fraction of sp³-hybridized carbons (Fsp3) is 0.308. The Morgan fingerprint density at radius 1 is 1.47 bits per heavy atom. The number of thiophene rings is 2. The highest BCUT2D eigenvalue weighted by atomic mass is 79.9. The topological polar surface area (TPSA) is 20.3 Å². The largest absolute Gasteiger partial charge is 0.339 e. The van der Waals surface area contributed by atoms with Gasteiger partial charge >= 0.3 is 0 Å². The molecule has 0 bridgehead atoms. The summed E-state index contributed by atoms with van der Waals surface area (Å²) in [6.07, 6.45) is 0.892. The van der Waals surface area contributed by atoms with Crippen molar-refractivity contribution < 1.29 is 4.79 Å². The number of carbonyl (C=O) groups is 1. The lowest BCUT2D eigenvalue weighted by molar-refractivity contribution is 0.0743. The first-order valence-electron chi connectivity index (χ1n) is 5.73. The number of hydrogen-bond acceptors (Lipinski definition) is 3. The molecule has 102 valence electrons. The third-order valence-corrected chi connectivity index (χ3v) is 6.18. The fourth-order valence-corrected chi connectivity index (χ4v) is 5.34. The lowest BCUT2D eigenvalue weighted by Gasteiger charge is -2.24. The minimum atomic E-state index is 0.0536. The van der Waals surface area contributed by atoms with E-state index in [1.54, 1.807) is 16.2 Å². The van der Waals surface area contributed by atoms with Crippen LogP contribution in [0.2, 0.25) is 0 Å². The Morgan fingerprint density at radius 2 is 2.21 bits per heavy atom. The van der Waals surface area contributed by atoms with E-state index in [0.29, 0.717) is 0 Å². The normalized spacial score (nSPS) is 12.4. The first kappa shape index (κ1) is 15.2. The maximum Gasteiger partial charge on any atom is 0.255 e. The van der Waals surface area contributed by atoms with Crippen molar-refractivity contribution in [2.24, 2.45) is 0 Å². The van der Waals surface area contributed by atoms with Gasteiger partial charge < -0.3 is 4.90 Å². The van der Waals surface area contributed by atoms with Crippen molar-refractivity contribution in [1.82, 2.24) is 4.90 Å². The second-order valence-electron chi connectivity index (χ2n) is 4.29. The Kier molecular flexibility index (Phi) is 5.22. The van der Waals surface area contributed by atoms with E-state index in [2.05, 4.69) is 50.2 Å². The molecule has 6 heteroatoms. The van der Waals surface area contributed by atoms with Gasteiger partial charge in [0.25, 0.3) is 5.91 Å². The standard InChI is InChI=1S/C13H13Br2NOS2/c1-8(6-9-4-3-5-18-9)16(2)13(17)10-7-11(14)19-12(10)15/h3-5,7-8H,6H2,1-2H3. The molecule has 0 aliphatic rings. The van der Waals surface area contributed by atoms with Crippen LogP contribution < -0.4 is 0 Å². The van der Waals surface area contributed by atoms with E-state index in [1.807, 2.05) is 19.2 Å². The SMILES string of the molecule is CC(Cc1cccs1)N(C)C(=O)c1cc(Br)sc1Br. The molecule has 1 unspecified atom stereocenters. The average Bonchev–Trinajstić information content (AvgIpc) is 2.97. The predicted molar refractivity (Wildman–Crippen MR) is 89.3 cm³/mol. The monoisotopic (exact) mass is 421 g/mol. The Hall–Kier alpha value is -0.170. The number of rotatable bonds is 4. The van der Waals surface area contributed by atoms with Gasteiger partial charge in [-0.2, -0.15) is 0 Å². The molecule has 0 saturated carbocycles. The van der Waals surface area contributed by atoms with E-state index in [1.165, 1.54) is 16.2 Å². The molecule has 0 fully saturated rings. The highest BCUT2D eigenvalue weighted by molar-refractivity contribution is 9.12. The average molecular weight is 423 g/mol.